The minimum Gasteiger partial charge on any atom is -0.328 e. The van der Waals surface area contributed by atoms with Crippen LogP contribution in [-0.4, -0.2) is 17.1 Å². The molecule has 1 fully saturated rings. The second-order valence-corrected chi connectivity index (χ2v) is 4.11. The monoisotopic (exact) mass is 217 g/mol. The summed E-state index contributed by atoms with van der Waals surface area (Å²) in [5.41, 5.74) is 7.60. The first kappa shape index (κ1) is 14.2. The first-order chi connectivity index (χ1) is 7.06. The zero-order valence-electron chi connectivity index (χ0n) is 9.74. The average Bonchev–Trinajstić information content (AvgIpc) is 2.19. The topological polar surface area (TPSA) is 81.2 Å². The Morgan fingerprint density at radius 3 is 2.27 bits per heavy atom. The van der Waals surface area contributed by atoms with E-state index in [1.807, 2.05) is 6.92 Å². The van der Waals surface area contributed by atoms with Gasteiger partial charge in [-0.15, -0.1) is 5.43 Å². The van der Waals surface area contributed by atoms with Gasteiger partial charge in [0.05, 0.1) is 6.04 Å². The van der Waals surface area contributed by atoms with Crippen molar-refractivity contribution in [3.8, 4) is 0 Å². The van der Waals surface area contributed by atoms with Crippen molar-refractivity contribution in [1.29, 1.82) is 0 Å². The molecule has 1 unspecified atom stereocenters. The highest BCUT2D eigenvalue weighted by molar-refractivity contribution is 4.67. The summed E-state index contributed by atoms with van der Waals surface area (Å²) in [4.78, 5) is 9.96. The second-order valence-electron chi connectivity index (χ2n) is 4.11. The Bertz CT molecular complexity index is 168. The SMILES string of the molecule is CCC(C)N.O=[N+]([O-])NC1CCCCC1. The molecule has 1 aliphatic rings. The lowest BCUT2D eigenvalue weighted by molar-refractivity contribution is -0.551. The van der Waals surface area contributed by atoms with E-state index < -0.39 is 5.03 Å². The number of nitrogens with two attached hydrogens (primary N) is 1. The van der Waals surface area contributed by atoms with Crippen molar-refractivity contribution in [2.45, 2.75) is 64.5 Å². The van der Waals surface area contributed by atoms with Gasteiger partial charge in [0.1, 0.15) is 0 Å². The van der Waals surface area contributed by atoms with Crippen LogP contribution in [0.4, 0.5) is 0 Å². The van der Waals surface area contributed by atoms with E-state index in [0.29, 0.717) is 6.04 Å². The number of nitrogens with one attached hydrogen (secondary N) is 1. The molecule has 1 saturated carbocycles. The third-order valence-corrected chi connectivity index (χ3v) is 2.54. The molecule has 90 valence electrons. The largest absolute Gasteiger partial charge is 0.328 e. The quantitative estimate of drug-likeness (QED) is 0.558. The Balaban J connectivity index is 0.000000336. The molecule has 1 aliphatic carbocycles. The third kappa shape index (κ3) is 9.46. The van der Waals surface area contributed by atoms with Gasteiger partial charge >= 0.3 is 0 Å². The summed E-state index contributed by atoms with van der Waals surface area (Å²) >= 11 is 0. The van der Waals surface area contributed by atoms with Gasteiger partial charge in [0, 0.05) is 6.04 Å². The lowest BCUT2D eigenvalue weighted by atomic mass is 9.96. The van der Waals surface area contributed by atoms with Crippen LogP contribution in [0.3, 0.4) is 0 Å². The number of hydrogen-bond acceptors (Lipinski definition) is 3. The number of nitro groups is 1. The highest BCUT2D eigenvalue weighted by Crippen LogP contribution is 2.16. The number of hydrogen-bond donors (Lipinski definition) is 2. The van der Waals surface area contributed by atoms with Crippen LogP contribution in [0.25, 0.3) is 0 Å². The molecule has 1 atom stereocenters. The van der Waals surface area contributed by atoms with Gasteiger partial charge in [0.2, 0.25) is 0 Å². The fraction of sp³-hybridized carbons (Fsp3) is 1.00. The van der Waals surface area contributed by atoms with E-state index in [-0.39, 0.29) is 6.04 Å². The predicted molar refractivity (Wildman–Crippen MR) is 60.9 cm³/mol. The molecule has 15 heavy (non-hydrogen) atoms. The van der Waals surface area contributed by atoms with E-state index in [1.165, 1.54) is 6.42 Å². The fourth-order valence-corrected chi connectivity index (χ4v) is 1.38. The van der Waals surface area contributed by atoms with Crippen LogP contribution < -0.4 is 11.2 Å². The molecule has 5 heteroatoms. The zero-order valence-corrected chi connectivity index (χ0v) is 9.74. The van der Waals surface area contributed by atoms with E-state index in [0.717, 1.165) is 32.1 Å². The van der Waals surface area contributed by atoms with Crippen LogP contribution in [0.2, 0.25) is 0 Å². The summed E-state index contributed by atoms with van der Waals surface area (Å²) in [6, 6.07) is 0.513. The van der Waals surface area contributed by atoms with Gasteiger partial charge in [0.25, 0.3) is 0 Å². The zero-order chi connectivity index (χ0) is 11.7. The maximum absolute atomic E-state index is 9.96. The molecule has 0 saturated heterocycles. The van der Waals surface area contributed by atoms with E-state index in [4.69, 9.17) is 5.73 Å². The van der Waals surface area contributed by atoms with Crippen LogP contribution in [0.5, 0.6) is 0 Å². The van der Waals surface area contributed by atoms with E-state index >= 15 is 0 Å². The Labute approximate surface area is 91.5 Å². The molecular formula is C10H23N3O2. The third-order valence-electron chi connectivity index (χ3n) is 2.54. The lowest BCUT2D eigenvalue weighted by Gasteiger charge is -2.17. The van der Waals surface area contributed by atoms with Gasteiger partial charge in [-0.3, -0.25) is 0 Å². The van der Waals surface area contributed by atoms with E-state index in [1.54, 1.807) is 0 Å². The van der Waals surface area contributed by atoms with Crippen molar-refractivity contribution < 1.29 is 5.03 Å². The highest BCUT2D eigenvalue weighted by atomic mass is 16.7. The Morgan fingerprint density at radius 2 is 1.93 bits per heavy atom. The minimum atomic E-state index is -0.435. The van der Waals surface area contributed by atoms with Crippen molar-refractivity contribution in [1.82, 2.24) is 5.43 Å². The van der Waals surface area contributed by atoms with Gasteiger partial charge < -0.3 is 5.73 Å². The Hall–Kier alpha value is -0.840. The van der Waals surface area contributed by atoms with Gasteiger partial charge in [-0.1, -0.05) is 26.2 Å². The molecule has 3 N–H and O–H groups in total. The second kappa shape index (κ2) is 8.47. The molecule has 5 nitrogen and oxygen atoms in total. The molecule has 0 aromatic heterocycles. The summed E-state index contributed by atoms with van der Waals surface area (Å²) in [5.74, 6) is 0. The standard InChI is InChI=1S/C6H12N2O2.C4H11N/c9-8(10)7-6-4-2-1-3-5-6;1-3-4(2)5/h6-7H,1-5H2;4H,3,5H2,1-2H3. The normalized spacial score (nSPS) is 18.6. The maximum atomic E-state index is 9.96. The molecule has 0 amide bonds. The van der Waals surface area contributed by atoms with Crippen LogP contribution in [0, 0.1) is 10.1 Å². The molecule has 0 aromatic rings. The highest BCUT2D eigenvalue weighted by Gasteiger charge is 2.16. The Morgan fingerprint density at radius 1 is 1.47 bits per heavy atom. The van der Waals surface area contributed by atoms with Crippen LogP contribution in [0.1, 0.15) is 52.4 Å². The fourth-order valence-electron chi connectivity index (χ4n) is 1.38. The predicted octanol–water partition coefficient (Wildman–Crippen LogP) is 1.84. The van der Waals surface area contributed by atoms with Crippen molar-refractivity contribution in [3.05, 3.63) is 10.1 Å². The van der Waals surface area contributed by atoms with Crippen LogP contribution in [0.15, 0.2) is 0 Å². The molecule has 0 aliphatic heterocycles. The summed E-state index contributed by atoms with van der Waals surface area (Å²) in [6.45, 7) is 4.07. The molecular weight excluding hydrogens is 194 g/mol. The number of hydrazine groups is 1. The molecule has 0 spiro atoms. The Kier molecular flexibility index (Phi) is 7.99. The maximum Gasteiger partial charge on any atom is 0.157 e. The van der Waals surface area contributed by atoms with Crippen LogP contribution in [-0.2, 0) is 0 Å². The van der Waals surface area contributed by atoms with Gasteiger partial charge in [0.15, 0.2) is 5.03 Å². The summed E-state index contributed by atoms with van der Waals surface area (Å²) in [6.07, 6.45) is 6.49. The van der Waals surface area contributed by atoms with Crippen LogP contribution >= 0.6 is 0 Å². The van der Waals surface area contributed by atoms with E-state index in [9.17, 15) is 10.1 Å². The smallest absolute Gasteiger partial charge is 0.157 e. The molecule has 0 radical (unpaired) electrons. The average molecular weight is 217 g/mol. The summed E-state index contributed by atoms with van der Waals surface area (Å²) < 4.78 is 0. The molecule has 1 rings (SSSR count). The molecule has 0 aromatic carbocycles. The van der Waals surface area contributed by atoms with Gasteiger partial charge in [-0.05, 0) is 26.2 Å². The lowest BCUT2D eigenvalue weighted by Crippen LogP contribution is -2.35. The molecule has 0 bridgehead atoms. The van der Waals surface area contributed by atoms with E-state index in [2.05, 4.69) is 12.3 Å². The first-order valence-electron chi connectivity index (χ1n) is 5.72. The van der Waals surface area contributed by atoms with Crippen molar-refractivity contribution in [2.75, 3.05) is 0 Å². The van der Waals surface area contributed by atoms with Crippen molar-refractivity contribution in [3.63, 3.8) is 0 Å². The molecule has 0 heterocycles. The minimum absolute atomic E-state index is 0.128. The number of nitrogens with zero attached hydrogens (tertiary/aromatic N) is 1. The van der Waals surface area contributed by atoms with Crippen molar-refractivity contribution >= 4 is 0 Å². The van der Waals surface area contributed by atoms with Gasteiger partial charge in [-0.2, -0.15) is 0 Å². The summed E-state index contributed by atoms with van der Waals surface area (Å²) in [7, 11) is 0. The van der Waals surface area contributed by atoms with Gasteiger partial charge in [-0.25, -0.2) is 10.1 Å². The van der Waals surface area contributed by atoms with Crippen molar-refractivity contribution in [2.24, 2.45) is 5.73 Å². The summed E-state index contributed by atoms with van der Waals surface area (Å²) in [5, 5.41) is 9.53. The first-order valence-corrected chi connectivity index (χ1v) is 5.72. The number of rotatable bonds is 3.